The number of hydrogen-bond acceptors (Lipinski definition) is 2. The van der Waals surface area contributed by atoms with Crippen molar-refractivity contribution in [2.45, 2.75) is 12.3 Å². The van der Waals surface area contributed by atoms with Gasteiger partial charge in [0.2, 0.25) is 0 Å². The molecule has 0 aromatic heterocycles. The van der Waals surface area contributed by atoms with Crippen LogP contribution in [0.4, 0.5) is 0 Å². The highest BCUT2D eigenvalue weighted by molar-refractivity contribution is 7.97. The van der Waals surface area contributed by atoms with Gasteiger partial charge in [-0.1, -0.05) is 41.4 Å². The first-order chi connectivity index (χ1) is 10.1. The Bertz CT molecular complexity index is 629. The summed E-state index contributed by atoms with van der Waals surface area (Å²) < 4.78 is 0. The fourth-order valence-corrected chi connectivity index (χ4v) is 2.86. The normalized spacial score (nSPS) is 10.4. The van der Waals surface area contributed by atoms with Crippen molar-refractivity contribution in [3.63, 3.8) is 0 Å². The van der Waals surface area contributed by atoms with Crippen LogP contribution in [0.15, 0.2) is 42.5 Å². The van der Waals surface area contributed by atoms with E-state index >= 15 is 0 Å². The Morgan fingerprint density at radius 3 is 2.48 bits per heavy atom. The molecule has 0 fully saturated rings. The topological polar surface area (TPSA) is 29.1 Å². The molecule has 0 aliphatic carbocycles. The van der Waals surface area contributed by atoms with E-state index in [-0.39, 0.29) is 5.91 Å². The summed E-state index contributed by atoms with van der Waals surface area (Å²) in [5.41, 5.74) is 2.69. The first kappa shape index (κ1) is 16.2. The maximum Gasteiger partial charge on any atom is 0.251 e. The summed E-state index contributed by atoms with van der Waals surface area (Å²) in [4.78, 5) is 12.1. The van der Waals surface area contributed by atoms with E-state index in [4.69, 9.17) is 23.2 Å². The number of thioether (sulfide) groups is 1. The molecule has 21 heavy (non-hydrogen) atoms. The summed E-state index contributed by atoms with van der Waals surface area (Å²) in [6.45, 7) is 0.376. The molecule has 2 nitrogen and oxygen atoms in total. The Labute approximate surface area is 138 Å². The zero-order valence-electron chi connectivity index (χ0n) is 11.5. The van der Waals surface area contributed by atoms with Gasteiger partial charge in [-0.2, -0.15) is 11.8 Å². The minimum Gasteiger partial charge on any atom is -0.348 e. The van der Waals surface area contributed by atoms with Gasteiger partial charge in [0.15, 0.2) is 0 Å². The Hall–Kier alpha value is -1.16. The van der Waals surface area contributed by atoms with Crippen LogP contribution in [0.2, 0.25) is 10.0 Å². The minimum atomic E-state index is -0.114. The van der Waals surface area contributed by atoms with E-state index in [0.29, 0.717) is 22.2 Å². The van der Waals surface area contributed by atoms with E-state index in [1.165, 1.54) is 5.56 Å². The van der Waals surface area contributed by atoms with E-state index in [9.17, 15) is 4.79 Å². The van der Waals surface area contributed by atoms with Crippen LogP contribution in [-0.2, 0) is 12.3 Å². The summed E-state index contributed by atoms with van der Waals surface area (Å²) in [7, 11) is 0. The molecule has 0 radical (unpaired) electrons. The second-order valence-corrected chi connectivity index (χ2v) is 6.26. The van der Waals surface area contributed by atoms with Crippen LogP contribution >= 0.6 is 35.0 Å². The molecule has 5 heteroatoms. The van der Waals surface area contributed by atoms with Gasteiger partial charge in [0, 0.05) is 27.9 Å². The molecule has 1 N–H and O–H groups in total. The molecule has 1 amide bonds. The average molecular weight is 340 g/mol. The van der Waals surface area contributed by atoms with E-state index in [2.05, 4.69) is 11.6 Å². The Morgan fingerprint density at radius 1 is 1.14 bits per heavy atom. The van der Waals surface area contributed by atoms with Crippen LogP contribution in [0, 0.1) is 0 Å². The Kier molecular flexibility index (Phi) is 5.97. The number of hydrogen-bond donors (Lipinski definition) is 1. The lowest BCUT2D eigenvalue weighted by Crippen LogP contribution is -2.22. The van der Waals surface area contributed by atoms with Crippen molar-refractivity contribution in [1.29, 1.82) is 0 Å². The molecule has 2 aromatic carbocycles. The number of nitrogens with one attached hydrogen (secondary N) is 1. The Balaban J connectivity index is 1.98. The van der Waals surface area contributed by atoms with Crippen molar-refractivity contribution < 1.29 is 4.79 Å². The van der Waals surface area contributed by atoms with Crippen molar-refractivity contribution in [2.24, 2.45) is 0 Å². The van der Waals surface area contributed by atoms with E-state index in [1.807, 2.05) is 30.3 Å². The van der Waals surface area contributed by atoms with Crippen LogP contribution < -0.4 is 5.32 Å². The van der Waals surface area contributed by atoms with Crippen LogP contribution in [0.1, 0.15) is 21.5 Å². The highest BCUT2D eigenvalue weighted by Crippen LogP contribution is 2.20. The third-order valence-corrected chi connectivity index (χ3v) is 4.19. The molecule has 110 valence electrons. The number of carbonyl (C=O) groups excluding carboxylic acids is 1. The molecular formula is C16H15Cl2NOS. The zero-order chi connectivity index (χ0) is 15.2. The SMILES string of the molecule is CSCc1ccc(C(=O)NCc2ccc(Cl)cc2Cl)cc1. The molecule has 0 bridgehead atoms. The molecule has 0 spiro atoms. The summed E-state index contributed by atoms with van der Waals surface area (Å²) in [6, 6.07) is 12.9. The molecular weight excluding hydrogens is 325 g/mol. The second-order valence-electron chi connectivity index (χ2n) is 4.55. The van der Waals surface area contributed by atoms with E-state index in [1.54, 1.807) is 23.9 Å². The van der Waals surface area contributed by atoms with Crippen LogP contribution in [0.3, 0.4) is 0 Å². The van der Waals surface area contributed by atoms with E-state index < -0.39 is 0 Å². The lowest BCUT2D eigenvalue weighted by atomic mass is 10.1. The lowest BCUT2D eigenvalue weighted by Gasteiger charge is -2.08. The second kappa shape index (κ2) is 7.74. The number of rotatable bonds is 5. The van der Waals surface area contributed by atoms with Gasteiger partial charge in [-0.05, 0) is 41.6 Å². The van der Waals surface area contributed by atoms with Crippen molar-refractivity contribution in [1.82, 2.24) is 5.32 Å². The van der Waals surface area contributed by atoms with Crippen LogP contribution in [0.25, 0.3) is 0 Å². The number of amides is 1. The summed E-state index contributed by atoms with van der Waals surface area (Å²) in [5.74, 6) is 0.833. The lowest BCUT2D eigenvalue weighted by molar-refractivity contribution is 0.0951. The fourth-order valence-electron chi connectivity index (χ4n) is 1.86. The number of carbonyl (C=O) groups is 1. The molecule has 0 saturated heterocycles. The first-order valence-corrected chi connectivity index (χ1v) is 8.55. The summed E-state index contributed by atoms with van der Waals surface area (Å²) >= 11 is 13.7. The van der Waals surface area contributed by atoms with Gasteiger partial charge in [-0.3, -0.25) is 4.79 Å². The Morgan fingerprint density at radius 2 is 1.86 bits per heavy atom. The van der Waals surface area contributed by atoms with E-state index in [0.717, 1.165) is 11.3 Å². The highest BCUT2D eigenvalue weighted by atomic mass is 35.5. The van der Waals surface area contributed by atoms with Crippen molar-refractivity contribution >= 4 is 40.9 Å². The van der Waals surface area contributed by atoms with Crippen molar-refractivity contribution in [2.75, 3.05) is 6.26 Å². The van der Waals surface area contributed by atoms with Gasteiger partial charge in [0.1, 0.15) is 0 Å². The highest BCUT2D eigenvalue weighted by Gasteiger charge is 2.07. The molecule has 0 atom stereocenters. The minimum absolute atomic E-state index is 0.114. The van der Waals surface area contributed by atoms with Gasteiger partial charge in [-0.15, -0.1) is 0 Å². The fraction of sp³-hybridized carbons (Fsp3) is 0.188. The van der Waals surface area contributed by atoms with Gasteiger partial charge in [0.25, 0.3) is 5.91 Å². The van der Waals surface area contributed by atoms with Gasteiger partial charge in [0.05, 0.1) is 0 Å². The number of halogens is 2. The standard InChI is InChI=1S/C16H15Cl2NOS/c1-21-10-11-2-4-12(5-3-11)16(20)19-9-13-6-7-14(17)8-15(13)18/h2-8H,9-10H2,1H3,(H,19,20). The third-order valence-electron chi connectivity index (χ3n) is 2.98. The van der Waals surface area contributed by atoms with Crippen LogP contribution in [0.5, 0.6) is 0 Å². The molecule has 0 saturated carbocycles. The predicted octanol–water partition coefficient (Wildman–Crippen LogP) is 4.79. The third kappa shape index (κ3) is 4.67. The van der Waals surface area contributed by atoms with Crippen molar-refractivity contribution in [3.05, 3.63) is 69.2 Å². The first-order valence-electron chi connectivity index (χ1n) is 6.40. The zero-order valence-corrected chi connectivity index (χ0v) is 13.9. The molecule has 0 heterocycles. The average Bonchev–Trinajstić information content (AvgIpc) is 2.47. The molecule has 2 aromatic rings. The van der Waals surface area contributed by atoms with Crippen LogP contribution in [-0.4, -0.2) is 12.2 Å². The summed E-state index contributed by atoms with van der Waals surface area (Å²) in [6.07, 6.45) is 2.05. The molecule has 0 unspecified atom stereocenters. The van der Waals surface area contributed by atoms with Gasteiger partial charge >= 0.3 is 0 Å². The predicted molar refractivity (Wildman–Crippen MR) is 91.3 cm³/mol. The monoisotopic (exact) mass is 339 g/mol. The molecule has 0 aliphatic rings. The largest absolute Gasteiger partial charge is 0.348 e. The molecule has 0 aliphatic heterocycles. The van der Waals surface area contributed by atoms with Crippen molar-refractivity contribution in [3.8, 4) is 0 Å². The maximum absolute atomic E-state index is 12.1. The smallest absolute Gasteiger partial charge is 0.251 e. The molecule has 2 rings (SSSR count). The van der Waals surface area contributed by atoms with Gasteiger partial charge in [-0.25, -0.2) is 0 Å². The quantitative estimate of drug-likeness (QED) is 0.848. The number of benzene rings is 2. The van der Waals surface area contributed by atoms with Gasteiger partial charge < -0.3 is 5.32 Å². The summed E-state index contributed by atoms with van der Waals surface area (Å²) in [5, 5.41) is 3.99. The maximum atomic E-state index is 12.1.